The molecule has 0 saturated carbocycles. The van der Waals surface area contributed by atoms with E-state index >= 15 is 0 Å². The summed E-state index contributed by atoms with van der Waals surface area (Å²) in [5.41, 5.74) is 0.374. The number of H-pyrrole nitrogens is 1. The first kappa shape index (κ1) is 13.5. The van der Waals surface area contributed by atoms with E-state index in [4.69, 9.17) is 0 Å². The lowest BCUT2D eigenvalue weighted by Crippen LogP contribution is -2.17. The highest BCUT2D eigenvalue weighted by Crippen LogP contribution is 2.19. The van der Waals surface area contributed by atoms with Crippen molar-refractivity contribution in [3.63, 3.8) is 0 Å². The van der Waals surface area contributed by atoms with Gasteiger partial charge >= 0.3 is 0 Å². The molecule has 0 atom stereocenters. The van der Waals surface area contributed by atoms with Crippen LogP contribution in [0.25, 0.3) is 0 Å². The molecule has 0 aliphatic rings. The summed E-state index contributed by atoms with van der Waals surface area (Å²) in [6, 6.07) is 5.55. The van der Waals surface area contributed by atoms with Crippen molar-refractivity contribution in [2.45, 2.75) is 11.6 Å². The average molecular weight is 284 g/mol. The topological polar surface area (TPSA) is 86.9 Å². The first-order valence-electron chi connectivity index (χ1n) is 5.49. The van der Waals surface area contributed by atoms with Crippen LogP contribution in [0.2, 0.25) is 0 Å². The van der Waals surface area contributed by atoms with Crippen LogP contribution in [-0.4, -0.2) is 25.7 Å². The number of nitrogens with one attached hydrogen (secondary N) is 3. The van der Waals surface area contributed by atoms with Crippen LogP contribution >= 0.6 is 0 Å². The van der Waals surface area contributed by atoms with Crippen molar-refractivity contribution in [1.29, 1.82) is 0 Å². The van der Waals surface area contributed by atoms with Crippen LogP contribution in [0.5, 0.6) is 0 Å². The van der Waals surface area contributed by atoms with Crippen molar-refractivity contribution in [2.24, 2.45) is 0 Å². The Bertz CT molecular complexity index is 669. The monoisotopic (exact) mass is 284 g/mol. The Labute approximate surface area is 110 Å². The van der Waals surface area contributed by atoms with Gasteiger partial charge in [0.2, 0.25) is 0 Å². The van der Waals surface area contributed by atoms with E-state index in [-0.39, 0.29) is 10.7 Å². The van der Waals surface area contributed by atoms with Crippen LogP contribution in [0.1, 0.15) is 5.56 Å². The molecule has 1 aromatic carbocycles. The summed E-state index contributed by atoms with van der Waals surface area (Å²) in [4.78, 5) is 0. The lowest BCUT2D eigenvalue weighted by atomic mass is 10.3. The summed E-state index contributed by atoms with van der Waals surface area (Å²) < 4.78 is 39.9. The van der Waals surface area contributed by atoms with Gasteiger partial charge in [-0.1, -0.05) is 12.1 Å². The zero-order chi connectivity index (χ0) is 13.9. The largest absolute Gasteiger partial charge is 0.316 e. The first-order chi connectivity index (χ1) is 9.04. The molecule has 0 bridgehead atoms. The molecule has 1 aromatic heterocycles. The Balaban J connectivity index is 2.33. The zero-order valence-corrected chi connectivity index (χ0v) is 11.0. The number of rotatable bonds is 5. The molecule has 19 heavy (non-hydrogen) atoms. The maximum Gasteiger partial charge on any atom is 0.279 e. The summed E-state index contributed by atoms with van der Waals surface area (Å²) in [6.07, 6.45) is 1.41. The number of aromatic nitrogens is 2. The lowest BCUT2D eigenvalue weighted by Gasteiger charge is -2.08. The Morgan fingerprint density at radius 1 is 1.37 bits per heavy atom. The van der Waals surface area contributed by atoms with E-state index < -0.39 is 15.8 Å². The van der Waals surface area contributed by atoms with E-state index in [0.717, 1.165) is 0 Å². The summed E-state index contributed by atoms with van der Waals surface area (Å²) in [5.74, 6) is -0.638. The number of halogens is 1. The third-order valence-electron chi connectivity index (χ3n) is 2.43. The average Bonchev–Trinajstić information content (AvgIpc) is 2.81. The number of sulfonamides is 1. The van der Waals surface area contributed by atoms with Crippen molar-refractivity contribution in [1.82, 2.24) is 15.5 Å². The van der Waals surface area contributed by atoms with Crippen molar-refractivity contribution in [3.8, 4) is 0 Å². The predicted octanol–water partition coefficient (Wildman–Crippen LogP) is 1.07. The van der Waals surface area contributed by atoms with Gasteiger partial charge in [-0.25, -0.2) is 4.39 Å². The van der Waals surface area contributed by atoms with E-state index in [2.05, 4.69) is 20.2 Å². The molecule has 2 rings (SSSR count). The molecule has 8 heteroatoms. The van der Waals surface area contributed by atoms with Gasteiger partial charge in [-0.3, -0.25) is 9.82 Å². The molecule has 6 nitrogen and oxygen atoms in total. The molecule has 102 valence electrons. The second-order valence-corrected chi connectivity index (χ2v) is 5.46. The fraction of sp³-hybridized carbons (Fsp3) is 0.182. The number of hydrogen-bond donors (Lipinski definition) is 3. The molecule has 0 aliphatic heterocycles. The number of nitrogens with zero attached hydrogens (tertiary/aromatic N) is 1. The maximum atomic E-state index is 13.4. The van der Waals surface area contributed by atoms with Gasteiger partial charge in [0.05, 0.1) is 11.9 Å². The molecule has 0 fully saturated rings. The number of para-hydroxylation sites is 1. The highest BCUT2D eigenvalue weighted by Gasteiger charge is 2.21. The minimum Gasteiger partial charge on any atom is -0.316 e. The number of anilines is 1. The normalized spacial score (nSPS) is 11.5. The highest BCUT2D eigenvalue weighted by atomic mass is 32.2. The highest BCUT2D eigenvalue weighted by molar-refractivity contribution is 7.92. The van der Waals surface area contributed by atoms with E-state index in [9.17, 15) is 12.8 Å². The number of aromatic amines is 1. The molecule has 0 unspecified atom stereocenters. The first-order valence-corrected chi connectivity index (χ1v) is 6.97. The lowest BCUT2D eigenvalue weighted by molar-refractivity contribution is 0.592. The third kappa shape index (κ3) is 2.91. The van der Waals surface area contributed by atoms with E-state index in [1.807, 2.05) is 0 Å². The van der Waals surface area contributed by atoms with Crippen molar-refractivity contribution < 1.29 is 12.8 Å². The number of hydrogen-bond acceptors (Lipinski definition) is 4. The standard InChI is InChI=1S/C11H13FN4O2S/c1-13-6-8-7-14-15-11(8)19(17,18)16-10-5-3-2-4-9(10)12/h2-5,7,13,16H,6H2,1H3,(H,14,15). The molecule has 3 N–H and O–H groups in total. The molecule has 0 aliphatic carbocycles. The third-order valence-corrected chi connectivity index (χ3v) is 3.81. The van der Waals surface area contributed by atoms with Gasteiger partial charge < -0.3 is 5.32 Å². The fourth-order valence-corrected chi connectivity index (χ4v) is 2.79. The van der Waals surface area contributed by atoms with Gasteiger partial charge in [0.15, 0.2) is 5.03 Å². The van der Waals surface area contributed by atoms with Gasteiger partial charge in [-0.15, -0.1) is 0 Å². The van der Waals surface area contributed by atoms with Gasteiger partial charge in [0.1, 0.15) is 5.82 Å². The van der Waals surface area contributed by atoms with Crippen molar-refractivity contribution >= 4 is 15.7 Å². The van der Waals surface area contributed by atoms with Crippen LogP contribution in [-0.2, 0) is 16.6 Å². The van der Waals surface area contributed by atoms with Crippen LogP contribution < -0.4 is 10.0 Å². The number of benzene rings is 1. The van der Waals surface area contributed by atoms with Gasteiger partial charge in [0.25, 0.3) is 10.0 Å². The van der Waals surface area contributed by atoms with Gasteiger partial charge in [0, 0.05) is 12.1 Å². The van der Waals surface area contributed by atoms with Crippen molar-refractivity contribution in [2.75, 3.05) is 11.8 Å². The Hall–Kier alpha value is -1.93. The molecule has 0 saturated heterocycles. The van der Waals surface area contributed by atoms with Crippen LogP contribution in [0.3, 0.4) is 0 Å². The van der Waals surface area contributed by atoms with Crippen LogP contribution in [0.15, 0.2) is 35.5 Å². The second kappa shape index (κ2) is 5.37. The summed E-state index contributed by atoms with van der Waals surface area (Å²) >= 11 is 0. The molecule has 0 amide bonds. The molecule has 1 heterocycles. The fourth-order valence-electron chi connectivity index (χ4n) is 1.59. The quantitative estimate of drug-likeness (QED) is 0.766. The molecule has 2 aromatic rings. The summed E-state index contributed by atoms with van der Waals surface area (Å²) in [6.45, 7) is 0.337. The minimum atomic E-state index is -3.89. The predicted molar refractivity (Wildman–Crippen MR) is 68.6 cm³/mol. The summed E-state index contributed by atoms with van der Waals surface area (Å²) in [7, 11) is -2.21. The summed E-state index contributed by atoms with van der Waals surface area (Å²) in [5, 5.41) is 8.85. The molecule has 0 radical (unpaired) electrons. The van der Waals surface area contributed by atoms with Gasteiger partial charge in [-0.05, 0) is 19.2 Å². The van der Waals surface area contributed by atoms with E-state index in [0.29, 0.717) is 12.1 Å². The van der Waals surface area contributed by atoms with Crippen LogP contribution in [0, 0.1) is 5.82 Å². The molecular weight excluding hydrogens is 271 g/mol. The maximum absolute atomic E-state index is 13.4. The Morgan fingerprint density at radius 2 is 2.11 bits per heavy atom. The van der Waals surface area contributed by atoms with E-state index in [1.54, 1.807) is 13.1 Å². The molecule has 0 spiro atoms. The smallest absolute Gasteiger partial charge is 0.279 e. The Morgan fingerprint density at radius 3 is 2.79 bits per heavy atom. The molecular formula is C11H13FN4O2S. The van der Waals surface area contributed by atoms with E-state index in [1.165, 1.54) is 24.4 Å². The minimum absolute atomic E-state index is 0.0786. The Kier molecular flexibility index (Phi) is 3.82. The van der Waals surface area contributed by atoms with Crippen LogP contribution in [0.4, 0.5) is 10.1 Å². The van der Waals surface area contributed by atoms with Crippen molar-refractivity contribution in [3.05, 3.63) is 41.8 Å². The van der Waals surface area contributed by atoms with Gasteiger partial charge in [-0.2, -0.15) is 13.5 Å². The SMILES string of the molecule is CNCc1cn[nH]c1S(=O)(=O)Nc1ccccc1F. The zero-order valence-electron chi connectivity index (χ0n) is 10.1. The second-order valence-electron chi connectivity index (χ2n) is 3.84.